The minimum atomic E-state index is -1.19. The molecule has 0 spiro atoms. The highest BCUT2D eigenvalue weighted by Gasteiger charge is 2.35. The third-order valence-corrected chi connectivity index (χ3v) is 2.68. The van der Waals surface area contributed by atoms with Gasteiger partial charge < -0.3 is 15.1 Å². The standard InChI is InChI=1S/C11H11NO4/c13-6-9(11(15)16)12-5-7-3-1-2-4-8(7)10(12)14/h1-4,9,13H,5-6H2,(H,15,16). The topological polar surface area (TPSA) is 77.8 Å². The molecule has 16 heavy (non-hydrogen) atoms. The fraction of sp³-hybridized carbons (Fsp3) is 0.273. The summed E-state index contributed by atoms with van der Waals surface area (Å²) in [5.41, 5.74) is 1.31. The number of carbonyl (C=O) groups is 2. The molecule has 1 aliphatic heterocycles. The second kappa shape index (κ2) is 3.94. The Bertz CT molecular complexity index is 443. The normalized spacial score (nSPS) is 16.1. The van der Waals surface area contributed by atoms with Crippen LogP contribution in [-0.4, -0.2) is 39.6 Å². The number of amides is 1. The zero-order chi connectivity index (χ0) is 11.7. The third kappa shape index (κ3) is 1.55. The summed E-state index contributed by atoms with van der Waals surface area (Å²) in [6, 6.07) is 5.80. The number of carbonyl (C=O) groups excluding carboxylic acids is 1. The zero-order valence-corrected chi connectivity index (χ0v) is 8.46. The molecule has 0 saturated heterocycles. The van der Waals surface area contributed by atoms with E-state index < -0.39 is 18.6 Å². The van der Waals surface area contributed by atoms with Crippen LogP contribution in [0.15, 0.2) is 24.3 Å². The predicted octanol–water partition coefficient (Wildman–Crippen LogP) is 0.0879. The second-order valence-corrected chi connectivity index (χ2v) is 3.63. The Morgan fingerprint density at radius 2 is 2.12 bits per heavy atom. The van der Waals surface area contributed by atoms with Gasteiger partial charge in [-0.05, 0) is 11.6 Å². The predicted molar refractivity (Wildman–Crippen MR) is 54.8 cm³/mol. The van der Waals surface area contributed by atoms with Gasteiger partial charge in [0.15, 0.2) is 6.04 Å². The van der Waals surface area contributed by atoms with Crippen molar-refractivity contribution >= 4 is 11.9 Å². The molecule has 1 amide bonds. The molecule has 84 valence electrons. The van der Waals surface area contributed by atoms with Gasteiger partial charge in [0.1, 0.15) is 0 Å². The highest BCUT2D eigenvalue weighted by Crippen LogP contribution is 2.24. The summed E-state index contributed by atoms with van der Waals surface area (Å²) in [6.45, 7) is -0.332. The molecule has 1 aliphatic rings. The summed E-state index contributed by atoms with van der Waals surface area (Å²) in [7, 11) is 0. The molecule has 0 aliphatic carbocycles. The number of hydrogen-bond acceptors (Lipinski definition) is 3. The minimum Gasteiger partial charge on any atom is -0.480 e. The SMILES string of the molecule is O=C(O)C(CO)N1Cc2ccccc2C1=O. The summed E-state index contributed by atoms with van der Waals surface area (Å²) in [4.78, 5) is 23.9. The van der Waals surface area contributed by atoms with E-state index in [2.05, 4.69) is 0 Å². The van der Waals surface area contributed by atoms with Gasteiger partial charge >= 0.3 is 5.97 Å². The van der Waals surface area contributed by atoms with Crippen LogP contribution >= 0.6 is 0 Å². The maximum Gasteiger partial charge on any atom is 0.328 e. The van der Waals surface area contributed by atoms with Crippen LogP contribution in [0.4, 0.5) is 0 Å². The van der Waals surface area contributed by atoms with Crippen molar-refractivity contribution in [2.75, 3.05) is 6.61 Å². The van der Waals surface area contributed by atoms with Crippen LogP contribution in [0.1, 0.15) is 15.9 Å². The first-order valence-electron chi connectivity index (χ1n) is 4.87. The van der Waals surface area contributed by atoms with Gasteiger partial charge in [-0.1, -0.05) is 18.2 Å². The van der Waals surface area contributed by atoms with E-state index in [4.69, 9.17) is 10.2 Å². The van der Waals surface area contributed by atoms with Gasteiger partial charge in [0, 0.05) is 12.1 Å². The lowest BCUT2D eigenvalue weighted by atomic mass is 10.1. The fourth-order valence-corrected chi connectivity index (χ4v) is 1.84. The molecular weight excluding hydrogens is 210 g/mol. The molecule has 5 nitrogen and oxygen atoms in total. The summed E-state index contributed by atoms with van der Waals surface area (Å²) >= 11 is 0. The highest BCUT2D eigenvalue weighted by molar-refractivity contribution is 6.00. The summed E-state index contributed by atoms with van der Waals surface area (Å²) in [5, 5.41) is 17.9. The molecule has 0 aromatic heterocycles. The number of carboxylic acids is 1. The first kappa shape index (κ1) is 10.6. The van der Waals surface area contributed by atoms with Crippen molar-refractivity contribution in [2.45, 2.75) is 12.6 Å². The van der Waals surface area contributed by atoms with Gasteiger partial charge in [-0.15, -0.1) is 0 Å². The van der Waals surface area contributed by atoms with E-state index in [1.807, 2.05) is 0 Å². The fourth-order valence-electron chi connectivity index (χ4n) is 1.84. The Kier molecular flexibility index (Phi) is 2.62. The minimum absolute atomic E-state index is 0.243. The van der Waals surface area contributed by atoms with Crippen molar-refractivity contribution in [3.8, 4) is 0 Å². The molecule has 0 bridgehead atoms. The van der Waals surface area contributed by atoms with Gasteiger partial charge in [-0.2, -0.15) is 0 Å². The number of hydrogen-bond donors (Lipinski definition) is 2. The number of nitrogens with zero attached hydrogens (tertiary/aromatic N) is 1. The van der Waals surface area contributed by atoms with Gasteiger partial charge in [0.05, 0.1) is 6.61 Å². The van der Waals surface area contributed by atoms with Crippen LogP contribution in [-0.2, 0) is 11.3 Å². The molecule has 0 fully saturated rings. The van der Waals surface area contributed by atoms with Crippen molar-refractivity contribution in [2.24, 2.45) is 0 Å². The molecule has 0 saturated carbocycles. The zero-order valence-electron chi connectivity index (χ0n) is 8.46. The number of rotatable bonds is 3. The molecule has 1 atom stereocenters. The van der Waals surface area contributed by atoms with Crippen LogP contribution in [0.5, 0.6) is 0 Å². The van der Waals surface area contributed by atoms with E-state index in [1.54, 1.807) is 24.3 Å². The maximum atomic E-state index is 11.9. The molecule has 1 unspecified atom stereocenters. The van der Waals surface area contributed by atoms with E-state index >= 15 is 0 Å². The largest absolute Gasteiger partial charge is 0.480 e. The number of aliphatic hydroxyl groups is 1. The molecular formula is C11H11NO4. The second-order valence-electron chi connectivity index (χ2n) is 3.63. The smallest absolute Gasteiger partial charge is 0.328 e. The lowest BCUT2D eigenvalue weighted by Crippen LogP contribution is -2.43. The number of carboxylic acid groups (broad SMARTS) is 1. The monoisotopic (exact) mass is 221 g/mol. The van der Waals surface area contributed by atoms with Gasteiger partial charge in [0.2, 0.25) is 0 Å². The van der Waals surface area contributed by atoms with E-state index in [-0.39, 0.29) is 12.5 Å². The van der Waals surface area contributed by atoms with Crippen molar-refractivity contribution < 1.29 is 19.8 Å². The summed E-state index contributed by atoms with van der Waals surface area (Å²) in [6.07, 6.45) is 0. The van der Waals surface area contributed by atoms with Crippen molar-refractivity contribution in [3.63, 3.8) is 0 Å². The molecule has 1 heterocycles. The van der Waals surface area contributed by atoms with Crippen LogP contribution in [0, 0.1) is 0 Å². The van der Waals surface area contributed by atoms with Crippen LogP contribution < -0.4 is 0 Å². The van der Waals surface area contributed by atoms with Crippen molar-refractivity contribution in [1.82, 2.24) is 4.90 Å². The molecule has 5 heteroatoms. The molecule has 2 N–H and O–H groups in total. The van der Waals surface area contributed by atoms with Gasteiger partial charge in [-0.25, -0.2) is 4.79 Å². The van der Waals surface area contributed by atoms with Crippen LogP contribution in [0.25, 0.3) is 0 Å². The Morgan fingerprint density at radius 3 is 2.69 bits per heavy atom. The first-order chi connectivity index (χ1) is 7.65. The quantitative estimate of drug-likeness (QED) is 0.758. The summed E-state index contributed by atoms with van der Waals surface area (Å²) < 4.78 is 0. The molecule has 0 radical (unpaired) electrons. The van der Waals surface area contributed by atoms with E-state index in [0.717, 1.165) is 5.56 Å². The average molecular weight is 221 g/mol. The van der Waals surface area contributed by atoms with E-state index in [0.29, 0.717) is 5.56 Å². The number of aliphatic hydroxyl groups excluding tert-OH is 1. The number of fused-ring (bicyclic) bond motifs is 1. The Labute approximate surface area is 91.9 Å². The van der Waals surface area contributed by atoms with Crippen LogP contribution in [0.3, 0.4) is 0 Å². The molecule has 2 rings (SSSR count). The Balaban J connectivity index is 2.31. The van der Waals surface area contributed by atoms with Crippen LogP contribution in [0.2, 0.25) is 0 Å². The first-order valence-corrected chi connectivity index (χ1v) is 4.87. The maximum absolute atomic E-state index is 11.9. The van der Waals surface area contributed by atoms with Gasteiger partial charge in [-0.3, -0.25) is 4.79 Å². The van der Waals surface area contributed by atoms with E-state index in [1.165, 1.54) is 4.90 Å². The van der Waals surface area contributed by atoms with Crippen molar-refractivity contribution in [1.29, 1.82) is 0 Å². The number of aliphatic carboxylic acids is 1. The Morgan fingerprint density at radius 1 is 1.44 bits per heavy atom. The summed E-state index contributed by atoms with van der Waals surface area (Å²) in [5.74, 6) is -1.53. The number of benzene rings is 1. The molecule has 1 aromatic rings. The Hall–Kier alpha value is -1.88. The van der Waals surface area contributed by atoms with E-state index in [9.17, 15) is 9.59 Å². The molecule has 1 aromatic carbocycles. The lowest BCUT2D eigenvalue weighted by molar-refractivity contribution is -0.143. The third-order valence-electron chi connectivity index (χ3n) is 2.68. The van der Waals surface area contributed by atoms with Gasteiger partial charge in [0.25, 0.3) is 5.91 Å². The highest BCUT2D eigenvalue weighted by atomic mass is 16.4. The van der Waals surface area contributed by atoms with Crippen molar-refractivity contribution in [3.05, 3.63) is 35.4 Å². The lowest BCUT2D eigenvalue weighted by Gasteiger charge is -2.21. The average Bonchev–Trinajstić information content (AvgIpc) is 2.58.